The van der Waals surface area contributed by atoms with Gasteiger partial charge in [0.15, 0.2) is 5.82 Å². The molecule has 16 heavy (non-hydrogen) atoms. The van der Waals surface area contributed by atoms with Gasteiger partial charge in [-0.05, 0) is 28.1 Å². The molecule has 0 aliphatic carbocycles. The Bertz CT molecular complexity index is 518. The van der Waals surface area contributed by atoms with E-state index in [4.69, 9.17) is 17.3 Å². The van der Waals surface area contributed by atoms with Crippen LogP contribution in [0, 0.1) is 0 Å². The van der Waals surface area contributed by atoms with Crippen molar-refractivity contribution in [3.05, 3.63) is 40.0 Å². The summed E-state index contributed by atoms with van der Waals surface area (Å²) < 4.78 is 0.920. The van der Waals surface area contributed by atoms with Gasteiger partial charge in [-0.25, -0.2) is 4.98 Å². The number of para-hydroxylation sites is 1. The Morgan fingerprint density at radius 1 is 1.31 bits per heavy atom. The Hall–Kier alpha value is -1.33. The summed E-state index contributed by atoms with van der Waals surface area (Å²) in [5.74, 6) is 0.667. The first-order valence-corrected chi connectivity index (χ1v) is 5.63. The number of aromatic nitrogens is 2. The lowest BCUT2D eigenvalue weighted by Gasteiger charge is -2.08. The van der Waals surface area contributed by atoms with E-state index in [0.29, 0.717) is 10.8 Å². The zero-order valence-electron chi connectivity index (χ0n) is 8.11. The zero-order valence-corrected chi connectivity index (χ0v) is 10.5. The van der Waals surface area contributed by atoms with Crippen LogP contribution in [0.15, 0.2) is 34.9 Å². The molecule has 0 spiro atoms. The maximum absolute atomic E-state index is 5.94. The molecule has 0 saturated carbocycles. The third-order valence-electron chi connectivity index (χ3n) is 1.89. The van der Waals surface area contributed by atoms with Gasteiger partial charge in [-0.15, -0.1) is 0 Å². The Morgan fingerprint density at radius 3 is 2.81 bits per heavy atom. The minimum Gasteiger partial charge on any atom is -0.368 e. The van der Waals surface area contributed by atoms with Crippen LogP contribution in [0.3, 0.4) is 0 Å². The SMILES string of the molecule is Nc1ncc(Cl)c(Nc2ccccc2Br)n1. The monoisotopic (exact) mass is 298 g/mol. The minimum absolute atomic E-state index is 0.180. The molecule has 1 aromatic carbocycles. The van der Waals surface area contributed by atoms with E-state index < -0.39 is 0 Å². The predicted molar refractivity (Wildman–Crippen MR) is 68.9 cm³/mol. The van der Waals surface area contributed by atoms with Crippen LogP contribution < -0.4 is 11.1 Å². The standard InChI is InChI=1S/C10H8BrClN4/c11-6-3-1-2-4-8(6)15-9-7(12)5-14-10(13)16-9/h1-5H,(H3,13,14,15,16). The highest BCUT2D eigenvalue weighted by molar-refractivity contribution is 9.10. The normalized spacial score (nSPS) is 10.1. The fourth-order valence-corrected chi connectivity index (χ4v) is 1.68. The van der Waals surface area contributed by atoms with E-state index in [0.717, 1.165) is 10.2 Å². The van der Waals surface area contributed by atoms with Crippen molar-refractivity contribution >= 4 is 45.0 Å². The number of benzene rings is 1. The fourth-order valence-electron chi connectivity index (χ4n) is 1.16. The lowest BCUT2D eigenvalue weighted by atomic mass is 10.3. The maximum Gasteiger partial charge on any atom is 0.222 e. The van der Waals surface area contributed by atoms with Crippen LogP contribution >= 0.6 is 27.5 Å². The summed E-state index contributed by atoms with van der Waals surface area (Å²) in [6.45, 7) is 0. The number of nitrogens with zero attached hydrogens (tertiary/aromatic N) is 2. The van der Waals surface area contributed by atoms with Crippen LogP contribution in [0.1, 0.15) is 0 Å². The molecular formula is C10H8BrClN4. The number of halogens is 2. The second kappa shape index (κ2) is 4.67. The minimum atomic E-state index is 0.180. The first-order chi connectivity index (χ1) is 7.66. The second-order valence-electron chi connectivity index (χ2n) is 3.03. The van der Waals surface area contributed by atoms with Gasteiger partial charge in [0.25, 0.3) is 0 Å². The van der Waals surface area contributed by atoms with Crippen molar-refractivity contribution in [1.82, 2.24) is 9.97 Å². The van der Waals surface area contributed by atoms with Gasteiger partial charge in [0.2, 0.25) is 5.95 Å². The summed E-state index contributed by atoms with van der Waals surface area (Å²) in [6, 6.07) is 7.65. The number of hydrogen-bond donors (Lipinski definition) is 2. The topological polar surface area (TPSA) is 63.8 Å². The molecule has 4 nitrogen and oxygen atoms in total. The summed E-state index contributed by atoms with van der Waals surface area (Å²) >= 11 is 9.36. The number of nitrogens with two attached hydrogens (primary N) is 1. The number of hydrogen-bond acceptors (Lipinski definition) is 4. The van der Waals surface area contributed by atoms with Crippen LogP contribution in [0.4, 0.5) is 17.5 Å². The highest BCUT2D eigenvalue weighted by atomic mass is 79.9. The molecule has 0 fully saturated rings. The fraction of sp³-hybridized carbons (Fsp3) is 0. The van der Waals surface area contributed by atoms with E-state index >= 15 is 0 Å². The van der Waals surface area contributed by atoms with Gasteiger partial charge in [0.1, 0.15) is 5.02 Å². The highest BCUT2D eigenvalue weighted by Gasteiger charge is 2.05. The Kier molecular flexibility index (Phi) is 3.26. The molecule has 1 heterocycles. The third kappa shape index (κ3) is 2.43. The Balaban J connectivity index is 2.34. The van der Waals surface area contributed by atoms with Crippen molar-refractivity contribution in [3.63, 3.8) is 0 Å². The molecule has 1 aromatic heterocycles. The van der Waals surface area contributed by atoms with Gasteiger partial charge in [0.05, 0.1) is 11.9 Å². The zero-order chi connectivity index (χ0) is 11.5. The number of anilines is 3. The van der Waals surface area contributed by atoms with E-state index in [1.165, 1.54) is 6.20 Å². The molecule has 0 saturated heterocycles. The van der Waals surface area contributed by atoms with Gasteiger partial charge < -0.3 is 11.1 Å². The quantitative estimate of drug-likeness (QED) is 0.893. The molecule has 0 radical (unpaired) electrons. The summed E-state index contributed by atoms with van der Waals surface area (Å²) in [5.41, 5.74) is 6.35. The van der Waals surface area contributed by atoms with Crippen molar-refractivity contribution in [2.24, 2.45) is 0 Å². The Morgan fingerprint density at radius 2 is 2.06 bits per heavy atom. The van der Waals surface area contributed by atoms with Gasteiger partial charge >= 0.3 is 0 Å². The number of nitrogens with one attached hydrogen (secondary N) is 1. The van der Waals surface area contributed by atoms with Crippen molar-refractivity contribution < 1.29 is 0 Å². The van der Waals surface area contributed by atoms with Gasteiger partial charge in [-0.1, -0.05) is 23.7 Å². The molecule has 0 bridgehead atoms. The van der Waals surface area contributed by atoms with Crippen LogP contribution in [0.25, 0.3) is 0 Å². The number of rotatable bonds is 2. The average molecular weight is 300 g/mol. The largest absolute Gasteiger partial charge is 0.368 e. The van der Waals surface area contributed by atoms with Gasteiger partial charge in [-0.2, -0.15) is 4.98 Å². The lowest BCUT2D eigenvalue weighted by Crippen LogP contribution is -2.00. The lowest BCUT2D eigenvalue weighted by molar-refractivity contribution is 1.18. The van der Waals surface area contributed by atoms with Gasteiger partial charge in [-0.3, -0.25) is 0 Å². The highest BCUT2D eigenvalue weighted by Crippen LogP contribution is 2.27. The molecule has 2 aromatic rings. The van der Waals surface area contributed by atoms with E-state index in [1.54, 1.807) is 0 Å². The smallest absolute Gasteiger partial charge is 0.222 e. The average Bonchev–Trinajstić information content (AvgIpc) is 2.27. The van der Waals surface area contributed by atoms with E-state index in [-0.39, 0.29) is 5.95 Å². The summed E-state index contributed by atoms with van der Waals surface area (Å²) in [6.07, 6.45) is 1.46. The summed E-state index contributed by atoms with van der Waals surface area (Å²) in [5, 5.41) is 3.49. The van der Waals surface area contributed by atoms with Crippen molar-refractivity contribution in [2.75, 3.05) is 11.1 Å². The van der Waals surface area contributed by atoms with E-state index in [1.807, 2.05) is 24.3 Å². The van der Waals surface area contributed by atoms with Crippen LogP contribution in [0.5, 0.6) is 0 Å². The van der Waals surface area contributed by atoms with Crippen molar-refractivity contribution in [1.29, 1.82) is 0 Å². The molecular weight excluding hydrogens is 291 g/mol. The van der Waals surface area contributed by atoms with E-state index in [9.17, 15) is 0 Å². The van der Waals surface area contributed by atoms with Crippen molar-refractivity contribution in [2.45, 2.75) is 0 Å². The van der Waals surface area contributed by atoms with Gasteiger partial charge in [0, 0.05) is 4.47 Å². The predicted octanol–water partition coefficient (Wildman–Crippen LogP) is 3.22. The first-order valence-electron chi connectivity index (χ1n) is 4.46. The molecule has 0 amide bonds. The molecule has 82 valence electrons. The number of nitrogen functional groups attached to an aromatic ring is 1. The van der Waals surface area contributed by atoms with Crippen LogP contribution in [-0.4, -0.2) is 9.97 Å². The summed E-state index contributed by atoms with van der Waals surface area (Å²) in [4.78, 5) is 7.80. The third-order valence-corrected chi connectivity index (χ3v) is 2.86. The molecule has 0 unspecified atom stereocenters. The summed E-state index contributed by atoms with van der Waals surface area (Å²) in [7, 11) is 0. The first kappa shape index (κ1) is 11.2. The molecule has 0 aliphatic heterocycles. The van der Waals surface area contributed by atoms with Crippen LogP contribution in [-0.2, 0) is 0 Å². The van der Waals surface area contributed by atoms with E-state index in [2.05, 4.69) is 31.2 Å². The maximum atomic E-state index is 5.94. The molecule has 3 N–H and O–H groups in total. The molecule has 0 atom stereocenters. The second-order valence-corrected chi connectivity index (χ2v) is 4.29. The van der Waals surface area contributed by atoms with Crippen LogP contribution in [0.2, 0.25) is 5.02 Å². The Labute approximate surface area is 106 Å². The molecule has 0 aliphatic rings. The molecule has 6 heteroatoms. The molecule has 2 rings (SSSR count). The van der Waals surface area contributed by atoms with Crippen molar-refractivity contribution in [3.8, 4) is 0 Å².